The lowest BCUT2D eigenvalue weighted by atomic mass is 10.1. The second-order valence-corrected chi connectivity index (χ2v) is 5.64. The zero-order chi connectivity index (χ0) is 12.4. The topological polar surface area (TPSA) is 28.4 Å². The van der Waals surface area contributed by atoms with Crippen LogP contribution in [0.5, 0.6) is 0 Å². The normalized spacial score (nSPS) is 23.2. The highest BCUT2D eigenvalue weighted by atomic mass is 16.3. The molecule has 0 spiro atoms. The van der Waals surface area contributed by atoms with E-state index in [0.717, 1.165) is 44.3 Å². The summed E-state index contributed by atoms with van der Waals surface area (Å²) in [5.41, 5.74) is 0. The Morgan fingerprint density at radius 1 is 1.33 bits per heavy atom. The fourth-order valence-electron chi connectivity index (χ4n) is 2.87. The van der Waals surface area contributed by atoms with Gasteiger partial charge in [0.2, 0.25) is 0 Å². The summed E-state index contributed by atoms with van der Waals surface area (Å²) in [7, 11) is 0. The molecule has 1 aromatic rings. The van der Waals surface area contributed by atoms with E-state index in [0.29, 0.717) is 6.04 Å². The van der Waals surface area contributed by atoms with Crippen LogP contribution in [0.2, 0.25) is 0 Å². The van der Waals surface area contributed by atoms with Crippen LogP contribution in [-0.4, -0.2) is 31.1 Å². The molecule has 1 saturated carbocycles. The van der Waals surface area contributed by atoms with E-state index < -0.39 is 0 Å². The van der Waals surface area contributed by atoms with E-state index in [9.17, 15) is 0 Å². The summed E-state index contributed by atoms with van der Waals surface area (Å²) in [6.45, 7) is 6.69. The smallest absolute Gasteiger partial charge is 0.121 e. The molecule has 0 unspecified atom stereocenters. The SMILES string of the molecule is CCc1ccc([C@@H](CC2CC2)N2CCNCC2)o1. The lowest BCUT2D eigenvalue weighted by Gasteiger charge is -2.34. The first-order valence-corrected chi connectivity index (χ1v) is 7.40. The van der Waals surface area contributed by atoms with Crippen LogP contribution in [0.25, 0.3) is 0 Å². The third kappa shape index (κ3) is 2.78. The Labute approximate surface area is 110 Å². The lowest BCUT2D eigenvalue weighted by Crippen LogP contribution is -2.45. The monoisotopic (exact) mass is 248 g/mol. The molecule has 100 valence electrons. The van der Waals surface area contributed by atoms with Crippen LogP contribution in [0.1, 0.15) is 43.7 Å². The van der Waals surface area contributed by atoms with Gasteiger partial charge in [-0.2, -0.15) is 0 Å². The molecule has 1 N–H and O–H groups in total. The summed E-state index contributed by atoms with van der Waals surface area (Å²) >= 11 is 0. The molecule has 0 amide bonds. The molecule has 2 fully saturated rings. The van der Waals surface area contributed by atoms with Gasteiger partial charge in [0, 0.05) is 32.6 Å². The van der Waals surface area contributed by atoms with Crippen molar-refractivity contribution < 1.29 is 4.42 Å². The number of aryl methyl sites for hydroxylation is 1. The van der Waals surface area contributed by atoms with Crippen LogP contribution in [-0.2, 0) is 6.42 Å². The molecule has 2 aliphatic rings. The fraction of sp³-hybridized carbons (Fsp3) is 0.733. The molecule has 3 nitrogen and oxygen atoms in total. The van der Waals surface area contributed by atoms with Crippen molar-refractivity contribution in [2.75, 3.05) is 26.2 Å². The molecule has 3 heteroatoms. The first kappa shape index (κ1) is 12.2. The Morgan fingerprint density at radius 2 is 2.11 bits per heavy atom. The second-order valence-electron chi connectivity index (χ2n) is 5.64. The molecule has 1 atom stereocenters. The highest BCUT2D eigenvalue weighted by Crippen LogP contribution is 2.40. The number of nitrogens with zero attached hydrogens (tertiary/aromatic N) is 1. The molecule has 2 heterocycles. The van der Waals surface area contributed by atoms with Crippen LogP contribution < -0.4 is 5.32 Å². The van der Waals surface area contributed by atoms with Gasteiger partial charge in [0.25, 0.3) is 0 Å². The van der Waals surface area contributed by atoms with Crippen LogP contribution >= 0.6 is 0 Å². The van der Waals surface area contributed by atoms with E-state index in [1.165, 1.54) is 25.0 Å². The van der Waals surface area contributed by atoms with Crippen molar-refractivity contribution in [3.8, 4) is 0 Å². The molecule has 1 saturated heterocycles. The molecule has 1 aromatic heterocycles. The minimum Gasteiger partial charge on any atom is -0.464 e. The molecule has 0 radical (unpaired) electrons. The number of nitrogens with one attached hydrogen (secondary N) is 1. The summed E-state index contributed by atoms with van der Waals surface area (Å²) in [6.07, 6.45) is 5.13. The summed E-state index contributed by atoms with van der Waals surface area (Å²) in [6, 6.07) is 4.87. The zero-order valence-corrected chi connectivity index (χ0v) is 11.3. The molecule has 1 aliphatic carbocycles. The third-order valence-electron chi connectivity index (χ3n) is 4.21. The third-order valence-corrected chi connectivity index (χ3v) is 4.21. The van der Waals surface area contributed by atoms with Gasteiger partial charge in [0.05, 0.1) is 6.04 Å². The van der Waals surface area contributed by atoms with Gasteiger partial charge in [-0.3, -0.25) is 4.90 Å². The molecule has 0 aromatic carbocycles. The van der Waals surface area contributed by atoms with E-state index in [4.69, 9.17) is 4.42 Å². The highest BCUT2D eigenvalue weighted by molar-refractivity contribution is 5.12. The molecular formula is C15H24N2O. The van der Waals surface area contributed by atoms with Gasteiger partial charge in [0.1, 0.15) is 11.5 Å². The van der Waals surface area contributed by atoms with Crippen molar-refractivity contribution in [2.24, 2.45) is 5.92 Å². The average Bonchev–Trinajstić information content (AvgIpc) is 3.12. The fourth-order valence-corrected chi connectivity index (χ4v) is 2.87. The van der Waals surface area contributed by atoms with Crippen molar-refractivity contribution in [1.29, 1.82) is 0 Å². The Hall–Kier alpha value is -0.800. The van der Waals surface area contributed by atoms with Gasteiger partial charge in [0.15, 0.2) is 0 Å². The Kier molecular flexibility index (Phi) is 3.71. The number of rotatable bonds is 5. The number of piperazine rings is 1. The first-order chi connectivity index (χ1) is 8.86. The summed E-state index contributed by atoms with van der Waals surface area (Å²) in [5, 5.41) is 3.43. The Balaban J connectivity index is 1.74. The number of furan rings is 1. The minimum absolute atomic E-state index is 0.514. The first-order valence-electron chi connectivity index (χ1n) is 7.40. The summed E-state index contributed by atoms with van der Waals surface area (Å²) in [5.74, 6) is 3.27. The van der Waals surface area contributed by atoms with Gasteiger partial charge in [-0.15, -0.1) is 0 Å². The highest BCUT2D eigenvalue weighted by Gasteiger charge is 2.32. The molecule has 3 rings (SSSR count). The maximum Gasteiger partial charge on any atom is 0.121 e. The Morgan fingerprint density at radius 3 is 2.72 bits per heavy atom. The predicted molar refractivity (Wildman–Crippen MR) is 72.6 cm³/mol. The van der Waals surface area contributed by atoms with Gasteiger partial charge >= 0.3 is 0 Å². The summed E-state index contributed by atoms with van der Waals surface area (Å²) in [4.78, 5) is 2.60. The molecular weight excluding hydrogens is 224 g/mol. The minimum atomic E-state index is 0.514. The predicted octanol–water partition coefficient (Wildman–Crippen LogP) is 2.59. The van der Waals surface area contributed by atoms with Gasteiger partial charge in [-0.1, -0.05) is 19.8 Å². The molecule has 1 aliphatic heterocycles. The van der Waals surface area contributed by atoms with Crippen LogP contribution in [0, 0.1) is 5.92 Å². The molecule has 0 bridgehead atoms. The Bertz CT molecular complexity index is 378. The quantitative estimate of drug-likeness (QED) is 0.868. The van der Waals surface area contributed by atoms with Crippen molar-refractivity contribution in [2.45, 2.75) is 38.6 Å². The van der Waals surface area contributed by atoms with Crippen LogP contribution in [0.3, 0.4) is 0 Å². The number of hydrogen-bond donors (Lipinski definition) is 1. The van der Waals surface area contributed by atoms with E-state index in [1.54, 1.807) is 0 Å². The van der Waals surface area contributed by atoms with Crippen molar-refractivity contribution in [1.82, 2.24) is 10.2 Å². The van der Waals surface area contributed by atoms with E-state index in [-0.39, 0.29) is 0 Å². The van der Waals surface area contributed by atoms with E-state index in [1.807, 2.05) is 0 Å². The standard InChI is InChI=1S/C15H24N2O/c1-2-13-5-6-15(18-13)14(11-12-3-4-12)17-9-7-16-8-10-17/h5-6,12,14,16H,2-4,7-11H2,1H3/t14-/m1/s1. The van der Waals surface area contributed by atoms with Crippen LogP contribution in [0.15, 0.2) is 16.5 Å². The van der Waals surface area contributed by atoms with E-state index in [2.05, 4.69) is 29.3 Å². The largest absolute Gasteiger partial charge is 0.464 e. The second kappa shape index (κ2) is 5.45. The average molecular weight is 248 g/mol. The zero-order valence-electron chi connectivity index (χ0n) is 11.3. The molecule has 18 heavy (non-hydrogen) atoms. The summed E-state index contributed by atoms with van der Waals surface area (Å²) < 4.78 is 6.01. The lowest BCUT2D eigenvalue weighted by molar-refractivity contribution is 0.140. The van der Waals surface area contributed by atoms with E-state index >= 15 is 0 Å². The maximum absolute atomic E-state index is 6.01. The van der Waals surface area contributed by atoms with Crippen molar-refractivity contribution >= 4 is 0 Å². The van der Waals surface area contributed by atoms with Crippen molar-refractivity contribution in [3.05, 3.63) is 23.7 Å². The maximum atomic E-state index is 6.01. The van der Waals surface area contributed by atoms with Gasteiger partial charge < -0.3 is 9.73 Å². The number of hydrogen-bond acceptors (Lipinski definition) is 3. The van der Waals surface area contributed by atoms with Gasteiger partial charge in [-0.05, 0) is 24.5 Å². The van der Waals surface area contributed by atoms with Crippen LogP contribution in [0.4, 0.5) is 0 Å². The van der Waals surface area contributed by atoms with Gasteiger partial charge in [-0.25, -0.2) is 0 Å². The van der Waals surface area contributed by atoms with Crippen molar-refractivity contribution in [3.63, 3.8) is 0 Å².